The van der Waals surface area contributed by atoms with Gasteiger partial charge < -0.3 is 14.6 Å². The van der Waals surface area contributed by atoms with Crippen molar-refractivity contribution in [2.24, 2.45) is 4.99 Å². The van der Waals surface area contributed by atoms with Gasteiger partial charge in [0.15, 0.2) is 0 Å². The first-order chi connectivity index (χ1) is 15.2. The molecule has 1 aliphatic rings. The minimum Gasteiger partial charge on any atom is -0.506 e. The second-order valence-electron chi connectivity index (χ2n) is 6.65. The van der Waals surface area contributed by atoms with Gasteiger partial charge >= 0.3 is 5.97 Å². The Balaban J connectivity index is 2.08. The van der Waals surface area contributed by atoms with Crippen molar-refractivity contribution in [3.63, 3.8) is 0 Å². The highest BCUT2D eigenvalue weighted by Crippen LogP contribution is 2.42. The highest BCUT2D eigenvalue weighted by Gasteiger charge is 2.34. The number of aryl methyl sites for hydroxylation is 1. The average Bonchev–Trinajstić information content (AvgIpc) is 3.03. The summed E-state index contributed by atoms with van der Waals surface area (Å²) >= 11 is 10.6. The van der Waals surface area contributed by atoms with Gasteiger partial charge in [0.1, 0.15) is 22.1 Å². The van der Waals surface area contributed by atoms with E-state index in [2.05, 4.69) is 20.9 Å². The minimum atomic E-state index is -0.768. The van der Waals surface area contributed by atoms with E-state index in [0.29, 0.717) is 31.3 Å². The minimum absolute atomic E-state index is 0.0536. The van der Waals surface area contributed by atoms with Crippen LogP contribution in [0, 0.1) is 6.92 Å². The summed E-state index contributed by atoms with van der Waals surface area (Å²) in [4.78, 5) is 29.6. The van der Waals surface area contributed by atoms with Crippen LogP contribution in [0.1, 0.15) is 28.4 Å². The molecular weight excluding hydrogens is 518 g/mol. The lowest BCUT2D eigenvalue weighted by Gasteiger charge is -2.09. The van der Waals surface area contributed by atoms with Crippen LogP contribution < -0.4 is 4.74 Å². The van der Waals surface area contributed by atoms with Gasteiger partial charge in [-0.3, -0.25) is 4.79 Å². The fourth-order valence-electron chi connectivity index (χ4n) is 2.89. The second-order valence-corrected chi connectivity index (χ2v) is 9.01. The van der Waals surface area contributed by atoms with Crippen molar-refractivity contribution in [3.05, 3.63) is 78.8 Å². The van der Waals surface area contributed by atoms with Crippen molar-refractivity contribution in [2.45, 2.75) is 13.8 Å². The molecule has 1 heterocycles. The number of methoxy groups -OCH3 is 1. The Morgan fingerprint density at radius 1 is 1.25 bits per heavy atom. The molecule has 1 N–H and O–H groups in total. The van der Waals surface area contributed by atoms with Crippen molar-refractivity contribution in [3.8, 4) is 5.75 Å². The maximum absolute atomic E-state index is 12.7. The van der Waals surface area contributed by atoms with Crippen molar-refractivity contribution < 1.29 is 24.2 Å². The summed E-state index contributed by atoms with van der Waals surface area (Å²) in [7, 11) is 1.48. The van der Waals surface area contributed by atoms with E-state index in [1.807, 2.05) is 6.92 Å². The summed E-state index contributed by atoms with van der Waals surface area (Å²) in [6.45, 7) is 3.66. The molecule has 1 amide bonds. The van der Waals surface area contributed by atoms with E-state index in [-0.39, 0.29) is 23.0 Å². The molecule has 0 atom stereocenters. The zero-order chi connectivity index (χ0) is 23.4. The molecule has 2 aromatic rings. The predicted molar refractivity (Wildman–Crippen MR) is 131 cm³/mol. The van der Waals surface area contributed by atoms with Crippen molar-refractivity contribution in [1.29, 1.82) is 0 Å². The zero-order valence-corrected chi connectivity index (χ0v) is 20.6. The number of carbonyl (C=O) groups excluding carboxylic acids is 2. The number of hydrogen-bond donors (Lipinski definition) is 1. The molecule has 0 aliphatic carbocycles. The fourth-order valence-corrected chi connectivity index (χ4v) is 4.80. The van der Waals surface area contributed by atoms with E-state index in [9.17, 15) is 14.7 Å². The smallest absolute Gasteiger partial charge is 0.344 e. The van der Waals surface area contributed by atoms with Crippen molar-refractivity contribution in [2.75, 3.05) is 13.7 Å². The molecule has 0 fully saturated rings. The third kappa shape index (κ3) is 5.26. The molecule has 0 bridgehead atoms. The first-order valence-corrected chi connectivity index (χ1v) is 11.5. The SMILES string of the molecule is CCOC(=O)C1=C(O)/C(=C/c2cc(Br)cc(Cl)c2OC)SC1=NC(=O)c1ccc(C)cc1. The van der Waals surface area contributed by atoms with Gasteiger partial charge in [-0.05, 0) is 44.2 Å². The molecule has 0 saturated heterocycles. The molecule has 0 radical (unpaired) electrons. The summed E-state index contributed by atoms with van der Waals surface area (Å²) < 4.78 is 11.1. The van der Waals surface area contributed by atoms with Crippen LogP contribution in [-0.4, -0.2) is 35.7 Å². The number of aliphatic hydroxyl groups excluding tert-OH is 1. The van der Waals surface area contributed by atoms with Gasteiger partial charge in [0, 0.05) is 15.6 Å². The van der Waals surface area contributed by atoms with Gasteiger partial charge in [-0.2, -0.15) is 0 Å². The van der Waals surface area contributed by atoms with Crippen molar-refractivity contribution >= 4 is 62.3 Å². The Kier molecular flexibility index (Phi) is 7.82. The van der Waals surface area contributed by atoms with Gasteiger partial charge in [0.2, 0.25) is 0 Å². The largest absolute Gasteiger partial charge is 0.506 e. The van der Waals surface area contributed by atoms with Gasteiger partial charge in [0.05, 0.1) is 23.6 Å². The lowest BCUT2D eigenvalue weighted by molar-refractivity contribution is -0.138. The highest BCUT2D eigenvalue weighted by molar-refractivity contribution is 9.10. The average molecular weight is 537 g/mol. The van der Waals surface area contributed by atoms with Gasteiger partial charge in [0.25, 0.3) is 5.91 Å². The van der Waals surface area contributed by atoms with E-state index in [1.54, 1.807) is 49.4 Å². The number of aliphatic imine (C=N–C) groups is 1. The third-order valence-electron chi connectivity index (χ3n) is 4.40. The molecule has 0 unspecified atom stereocenters. The number of esters is 1. The molecule has 32 heavy (non-hydrogen) atoms. The maximum Gasteiger partial charge on any atom is 0.344 e. The number of carbonyl (C=O) groups is 2. The molecular formula is C23H19BrClNO5S. The van der Waals surface area contributed by atoms with E-state index in [4.69, 9.17) is 21.1 Å². The molecule has 2 aromatic carbocycles. The Labute approximate surface area is 203 Å². The van der Waals surface area contributed by atoms with E-state index >= 15 is 0 Å². The summed E-state index contributed by atoms with van der Waals surface area (Å²) in [6.07, 6.45) is 1.60. The van der Waals surface area contributed by atoms with Crippen LogP contribution >= 0.6 is 39.3 Å². The summed E-state index contributed by atoms with van der Waals surface area (Å²) in [5.74, 6) is -1.24. The molecule has 0 saturated carbocycles. The van der Waals surface area contributed by atoms with Gasteiger partial charge in [-0.15, -0.1) is 0 Å². The molecule has 3 rings (SSSR count). The van der Waals surface area contributed by atoms with Gasteiger partial charge in [-0.1, -0.05) is 57.0 Å². The molecule has 0 aromatic heterocycles. The van der Waals surface area contributed by atoms with Crippen LogP contribution in [0.15, 0.2) is 62.1 Å². The Hall–Kier alpha value is -2.55. The van der Waals surface area contributed by atoms with Crippen LogP contribution in [-0.2, 0) is 9.53 Å². The van der Waals surface area contributed by atoms with Crippen LogP contribution in [0.2, 0.25) is 5.02 Å². The number of nitrogens with zero attached hydrogens (tertiary/aromatic N) is 1. The number of benzene rings is 2. The maximum atomic E-state index is 12.7. The van der Waals surface area contributed by atoms with Crippen LogP contribution in [0.5, 0.6) is 5.75 Å². The Morgan fingerprint density at radius 2 is 1.94 bits per heavy atom. The molecule has 9 heteroatoms. The lowest BCUT2D eigenvalue weighted by atomic mass is 10.1. The fraction of sp³-hybridized carbons (Fsp3) is 0.174. The third-order valence-corrected chi connectivity index (χ3v) is 6.16. The topological polar surface area (TPSA) is 85.2 Å². The molecule has 0 spiro atoms. The number of thioether (sulfide) groups is 1. The first kappa shape index (κ1) is 24.1. The number of amides is 1. The number of aliphatic hydroxyl groups is 1. The van der Waals surface area contributed by atoms with Crippen LogP contribution in [0.4, 0.5) is 0 Å². The summed E-state index contributed by atoms with van der Waals surface area (Å²) in [5, 5.41) is 11.2. The van der Waals surface area contributed by atoms with Crippen LogP contribution in [0.3, 0.4) is 0 Å². The van der Waals surface area contributed by atoms with E-state index in [1.165, 1.54) is 7.11 Å². The molecule has 1 aliphatic heterocycles. The summed E-state index contributed by atoms with van der Waals surface area (Å²) in [6, 6.07) is 10.3. The number of hydrogen-bond acceptors (Lipinski definition) is 6. The standard InChI is InChI=1S/C23H19BrClNO5S/c1-4-31-23(29)18-19(27)17(10-14-9-15(24)11-16(25)20(14)30-3)32-22(18)26-21(28)13-7-5-12(2)6-8-13/h5-11,27H,4H2,1-3H3/b17-10-,26-22?. The number of rotatable bonds is 5. The second kappa shape index (κ2) is 10.4. The zero-order valence-electron chi connectivity index (χ0n) is 17.4. The lowest BCUT2D eigenvalue weighted by Crippen LogP contribution is -2.14. The van der Waals surface area contributed by atoms with E-state index in [0.717, 1.165) is 17.3 Å². The van der Waals surface area contributed by atoms with Crippen molar-refractivity contribution in [1.82, 2.24) is 0 Å². The Morgan fingerprint density at radius 3 is 2.56 bits per heavy atom. The van der Waals surface area contributed by atoms with E-state index < -0.39 is 11.9 Å². The normalized spacial score (nSPS) is 16.0. The Bertz CT molecular complexity index is 1170. The number of ether oxygens (including phenoxy) is 2. The highest BCUT2D eigenvalue weighted by atomic mass is 79.9. The molecule has 6 nitrogen and oxygen atoms in total. The van der Waals surface area contributed by atoms with Crippen LogP contribution in [0.25, 0.3) is 6.08 Å². The summed E-state index contributed by atoms with van der Waals surface area (Å²) in [5.41, 5.74) is 1.77. The monoisotopic (exact) mass is 535 g/mol. The number of halogens is 2. The first-order valence-electron chi connectivity index (χ1n) is 9.48. The van der Waals surface area contributed by atoms with Gasteiger partial charge in [-0.25, -0.2) is 9.79 Å². The molecule has 166 valence electrons. The quantitative estimate of drug-likeness (QED) is 0.463. The predicted octanol–water partition coefficient (Wildman–Crippen LogP) is 6.12.